The Kier molecular flexibility index (Phi) is 6.21. The summed E-state index contributed by atoms with van der Waals surface area (Å²) in [5.41, 5.74) is 6.70. The molecule has 0 fully saturated rings. The van der Waals surface area contributed by atoms with Gasteiger partial charge in [0.05, 0.1) is 7.11 Å². The Morgan fingerprint density at radius 2 is 1.95 bits per heavy atom. The molecule has 1 rings (SSSR count). The largest absolute Gasteiger partial charge is 0.494 e. The van der Waals surface area contributed by atoms with Crippen LogP contribution in [0.4, 0.5) is 4.39 Å². The molecule has 0 spiro atoms. The van der Waals surface area contributed by atoms with Gasteiger partial charge in [0, 0.05) is 25.7 Å². The highest BCUT2D eigenvalue weighted by Gasteiger charge is 2.17. The Morgan fingerprint density at radius 1 is 1.26 bits per heavy atom. The predicted molar refractivity (Wildman–Crippen MR) is 75.9 cm³/mol. The fourth-order valence-electron chi connectivity index (χ4n) is 1.97. The maximum Gasteiger partial charge on any atom is 0.165 e. The average molecular weight is 269 g/mol. The Labute approximate surface area is 114 Å². The van der Waals surface area contributed by atoms with Gasteiger partial charge in [-0.2, -0.15) is 0 Å². The Balaban J connectivity index is 2.81. The van der Waals surface area contributed by atoms with Gasteiger partial charge in [-0.3, -0.25) is 4.90 Å². The molecule has 0 aliphatic rings. The van der Waals surface area contributed by atoms with Gasteiger partial charge in [0.25, 0.3) is 0 Å². The first-order valence-corrected chi connectivity index (χ1v) is 6.38. The van der Waals surface area contributed by atoms with Crippen molar-refractivity contribution in [3.8, 4) is 5.75 Å². The highest BCUT2D eigenvalue weighted by molar-refractivity contribution is 5.31. The molecule has 19 heavy (non-hydrogen) atoms. The molecule has 1 aromatic rings. The lowest BCUT2D eigenvalue weighted by molar-refractivity contribution is 0.222. The Morgan fingerprint density at radius 3 is 2.42 bits per heavy atom. The normalized spacial score (nSPS) is 13.1. The van der Waals surface area contributed by atoms with Gasteiger partial charge >= 0.3 is 0 Å². The van der Waals surface area contributed by atoms with Crippen LogP contribution in [0.2, 0.25) is 0 Å². The van der Waals surface area contributed by atoms with Crippen molar-refractivity contribution in [1.29, 1.82) is 0 Å². The minimum atomic E-state index is -0.348. The van der Waals surface area contributed by atoms with Crippen LogP contribution in [0, 0.1) is 5.82 Å². The van der Waals surface area contributed by atoms with E-state index in [1.54, 1.807) is 6.07 Å². The number of methoxy groups -OCH3 is 1. The fourth-order valence-corrected chi connectivity index (χ4v) is 1.97. The van der Waals surface area contributed by atoms with Crippen molar-refractivity contribution in [2.24, 2.45) is 5.73 Å². The number of ether oxygens (including phenoxy) is 1. The molecule has 5 heteroatoms. The Bertz CT molecular complexity index is 398. The van der Waals surface area contributed by atoms with Crippen LogP contribution in [0.3, 0.4) is 0 Å². The number of rotatable bonds is 7. The monoisotopic (exact) mass is 269 g/mol. The summed E-state index contributed by atoms with van der Waals surface area (Å²) in [6.45, 7) is 2.27. The number of hydrogen-bond donors (Lipinski definition) is 1. The maximum absolute atomic E-state index is 13.7. The van der Waals surface area contributed by atoms with E-state index in [4.69, 9.17) is 10.5 Å². The molecule has 0 aliphatic carbocycles. The van der Waals surface area contributed by atoms with Gasteiger partial charge in [-0.1, -0.05) is 6.07 Å². The molecule has 0 heterocycles. The molecular formula is C14H24FN3O. The lowest BCUT2D eigenvalue weighted by Crippen LogP contribution is -2.35. The van der Waals surface area contributed by atoms with Gasteiger partial charge < -0.3 is 15.4 Å². The van der Waals surface area contributed by atoms with Crippen molar-refractivity contribution in [3.05, 3.63) is 29.6 Å². The van der Waals surface area contributed by atoms with E-state index < -0.39 is 0 Å². The minimum absolute atomic E-state index is 0.0142. The second-order valence-electron chi connectivity index (χ2n) is 4.93. The second kappa shape index (κ2) is 7.43. The first-order valence-electron chi connectivity index (χ1n) is 6.38. The van der Waals surface area contributed by atoms with Gasteiger partial charge in [0.1, 0.15) is 0 Å². The van der Waals surface area contributed by atoms with Crippen LogP contribution in [-0.2, 0) is 0 Å². The van der Waals surface area contributed by atoms with Crippen LogP contribution in [0.1, 0.15) is 11.6 Å². The molecule has 0 radical (unpaired) electrons. The van der Waals surface area contributed by atoms with E-state index >= 15 is 0 Å². The number of halogens is 1. The molecule has 0 aliphatic heterocycles. The Hall–Kier alpha value is -1.17. The third-order valence-corrected chi connectivity index (χ3v) is 3.22. The van der Waals surface area contributed by atoms with E-state index in [-0.39, 0.29) is 17.6 Å². The van der Waals surface area contributed by atoms with Crippen molar-refractivity contribution >= 4 is 0 Å². The van der Waals surface area contributed by atoms with Gasteiger partial charge in [-0.05, 0) is 38.8 Å². The number of nitrogens with two attached hydrogens (primary N) is 1. The summed E-state index contributed by atoms with van der Waals surface area (Å²) in [6, 6.07) is 5.03. The van der Waals surface area contributed by atoms with Gasteiger partial charge in [-0.15, -0.1) is 0 Å². The molecule has 1 atom stereocenters. The van der Waals surface area contributed by atoms with Crippen LogP contribution >= 0.6 is 0 Å². The van der Waals surface area contributed by atoms with E-state index in [1.807, 2.05) is 27.2 Å². The van der Waals surface area contributed by atoms with Crippen molar-refractivity contribution in [1.82, 2.24) is 9.80 Å². The van der Waals surface area contributed by atoms with Crippen molar-refractivity contribution in [2.45, 2.75) is 6.04 Å². The van der Waals surface area contributed by atoms with Crippen molar-refractivity contribution < 1.29 is 9.13 Å². The number of benzene rings is 1. The smallest absolute Gasteiger partial charge is 0.165 e. The summed E-state index contributed by atoms with van der Waals surface area (Å²) in [5.74, 6) is -0.0880. The summed E-state index contributed by atoms with van der Waals surface area (Å²) in [7, 11) is 7.52. The highest BCUT2D eigenvalue weighted by Crippen LogP contribution is 2.24. The van der Waals surface area contributed by atoms with Gasteiger partial charge in [0.2, 0.25) is 0 Å². The zero-order valence-corrected chi connectivity index (χ0v) is 12.2. The topological polar surface area (TPSA) is 41.7 Å². The quantitative estimate of drug-likeness (QED) is 0.811. The fraction of sp³-hybridized carbons (Fsp3) is 0.571. The van der Waals surface area contributed by atoms with Crippen LogP contribution in [0.25, 0.3) is 0 Å². The summed E-state index contributed by atoms with van der Waals surface area (Å²) >= 11 is 0. The molecule has 0 saturated heterocycles. The first kappa shape index (κ1) is 15.9. The molecule has 1 unspecified atom stereocenters. The number of likely N-dealkylation sites (N-methyl/N-ethyl adjacent to an activating group) is 2. The highest BCUT2D eigenvalue weighted by atomic mass is 19.1. The SMILES string of the molecule is COc1ccc(C(CN)N(C)CCN(C)C)cc1F. The predicted octanol–water partition coefficient (Wildman–Crippen LogP) is 1.33. The molecule has 0 saturated carbocycles. The number of nitrogens with zero attached hydrogens (tertiary/aromatic N) is 2. The van der Waals surface area contributed by atoms with Gasteiger partial charge in [0.15, 0.2) is 11.6 Å². The third-order valence-electron chi connectivity index (χ3n) is 3.22. The zero-order chi connectivity index (χ0) is 14.4. The zero-order valence-electron chi connectivity index (χ0n) is 12.2. The number of hydrogen-bond acceptors (Lipinski definition) is 4. The summed E-state index contributed by atoms with van der Waals surface area (Å²) in [5, 5.41) is 0. The van der Waals surface area contributed by atoms with E-state index in [2.05, 4.69) is 9.80 Å². The van der Waals surface area contributed by atoms with E-state index in [0.717, 1.165) is 18.7 Å². The molecule has 108 valence electrons. The van der Waals surface area contributed by atoms with Crippen molar-refractivity contribution in [3.63, 3.8) is 0 Å². The van der Waals surface area contributed by atoms with Crippen LogP contribution < -0.4 is 10.5 Å². The lowest BCUT2D eigenvalue weighted by atomic mass is 10.1. The van der Waals surface area contributed by atoms with E-state index in [9.17, 15) is 4.39 Å². The van der Waals surface area contributed by atoms with E-state index in [1.165, 1.54) is 13.2 Å². The van der Waals surface area contributed by atoms with Crippen LogP contribution in [-0.4, -0.2) is 57.7 Å². The first-order chi connectivity index (χ1) is 8.99. The summed E-state index contributed by atoms with van der Waals surface area (Å²) in [4.78, 5) is 4.25. The molecule has 0 bridgehead atoms. The second-order valence-corrected chi connectivity index (χ2v) is 4.93. The lowest BCUT2D eigenvalue weighted by Gasteiger charge is -2.28. The molecule has 0 amide bonds. The molecule has 0 aromatic heterocycles. The third kappa shape index (κ3) is 4.45. The summed E-state index contributed by atoms with van der Waals surface area (Å²) in [6.07, 6.45) is 0. The molecule has 4 nitrogen and oxygen atoms in total. The van der Waals surface area contributed by atoms with E-state index in [0.29, 0.717) is 6.54 Å². The molecule has 2 N–H and O–H groups in total. The summed E-state index contributed by atoms with van der Waals surface area (Å²) < 4.78 is 18.7. The standard InChI is InChI=1S/C14H24FN3O/c1-17(2)7-8-18(3)13(10-16)11-5-6-14(19-4)12(15)9-11/h5-6,9,13H,7-8,10,16H2,1-4H3. The van der Waals surface area contributed by atoms with Gasteiger partial charge in [-0.25, -0.2) is 4.39 Å². The molecular weight excluding hydrogens is 245 g/mol. The maximum atomic E-state index is 13.7. The van der Waals surface area contributed by atoms with Crippen LogP contribution in [0.15, 0.2) is 18.2 Å². The average Bonchev–Trinajstić information content (AvgIpc) is 2.37. The molecule has 1 aromatic carbocycles. The minimum Gasteiger partial charge on any atom is -0.494 e. The van der Waals surface area contributed by atoms with Crippen LogP contribution in [0.5, 0.6) is 5.75 Å². The van der Waals surface area contributed by atoms with Crippen molar-refractivity contribution in [2.75, 3.05) is 47.9 Å².